The van der Waals surface area contributed by atoms with E-state index in [0.717, 1.165) is 22.0 Å². The summed E-state index contributed by atoms with van der Waals surface area (Å²) in [5.74, 6) is -0.878. The van der Waals surface area contributed by atoms with Crippen molar-refractivity contribution in [3.8, 4) is 5.88 Å². The molecule has 21 heavy (non-hydrogen) atoms. The number of nitrogen functional groups attached to an aromatic ring is 1. The molecule has 0 saturated carbocycles. The van der Waals surface area contributed by atoms with E-state index in [-0.39, 0.29) is 24.6 Å². The molecule has 1 aromatic rings. The van der Waals surface area contributed by atoms with E-state index >= 15 is 0 Å². The third-order valence-corrected chi connectivity index (χ3v) is 3.60. The van der Waals surface area contributed by atoms with E-state index in [1.165, 1.54) is 0 Å². The van der Waals surface area contributed by atoms with Crippen molar-refractivity contribution < 1.29 is 5.11 Å². The lowest BCUT2D eigenvalue weighted by molar-refractivity contribution is 0.351. The van der Waals surface area contributed by atoms with Gasteiger partial charge in [-0.1, -0.05) is 33.6 Å². The van der Waals surface area contributed by atoms with E-state index in [0.29, 0.717) is 6.42 Å². The number of aromatic hydroxyl groups is 1. The predicted octanol–water partition coefficient (Wildman–Crippen LogP) is 0.846. The summed E-state index contributed by atoms with van der Waals surface area (Å²) in [6, 6.07) is 0. The molecular weight excluding hydrogens is 272 g/mol. The number of hydrogen-bond donors (Lipinski definition) is 3. The van der Waals surface area contributed by atoms with Gasteiger partial charge in [-0.3, -0.25) is 19.3 Å². The van der Waals surface area contributed by atoms with E-state index in [1.54, 1.807) is 0 Å². The first kappa shape index (κ1) is 17.0. The number of nitrogens with one attached hydrogen (secondary N) is 1. The van der Waals surface area contributed by atoms with Crippen molar-refractivity contribution in [1.82, 2.24) is 9.13 Å². The minimum atomic E-state index is -0.696. The second-order valence-electron chi connectivity index (χ2n) is 5.33. The second-order valence-corrected chi connectivity index (χ2v) is 5.33. The number of nitrogens with zero attached hydrogens (tertiary/aromatic N) is 2. The highest BCUT2D eigenvalue weighted by Gasteiger charge is 2.21. The van der Waals surface area contributed by atoms with Crippen molar-refractivity contribution in [2.75, 3.05) is 0 Å². The standard InChI is InChI=1S/C14H24N4O3/c1-4-6-7-17-12(19)10(11(15)16)13(20)18(14(17)21)8-9(3)5-2/h9,20H,4-8H2,1-3H3,(H3,15,16). The Bertz CT molecular complexity index is 630. The van der Waals surface area contributed by atoms with Gasteiger partial charge in [-0.25, -0.2) is 4.79 Å². The summed E-state index contributed by atoms with van der Waals surface area (Å²) in [6.45, 7) is 6.42. The summed E-state index contributed by atoms with van der Waals surface area (Å²) < 4.78 is 2.20. The van der Waals surface area contributed by atoms with Gasteiger partial charge in [0.2, 0.25) is 5.88 Å². The van der Waals surface area contributed by atoms with Crippen LogP contribution in [0, 0.1) is 11.3 Å². The van der Waals surface area contributed by atoms with Crippen LogP contribution in [0.15, 0.2) is 9.59 Å². The Morgan fingerprint density at radius 1 is 1.33 bits per heavy atom. The first-order valence-corrected chi connectivity index (χ1v) is 7.26. The van der Waals surface area contributed by atoms with Crippen molar-refractivity contribution in [2.45, 2.75) is 53.1 Å². The monoisotopic (exact) mass is 296 g/mol. The molecule has 1 heterocycles. The van der Waals surface area contributed by atoms with Crippen molar-refractivity contribution >= 4 is 5.84 Å². The third-order valence-electron chi connectivity index (χ3n) is 3.60. The quantitative estimate of drug-likeness (QED) is 0.511. The van der Waals surface area contributed by atoms with Gasteiger partial charge in [0, 0.05) is 13.1 Å². The van der Waals surface area contributed by atoms with Crippen molar-refractivity contribution in [3.63, 3.8) is 0 Å². The summed E-state index contributed by atoms with van der Waals surface area (Å²) in [7, 11) is 0. The zero-order chi connectivity index (χ0) is 16.2. The fourth-order valence-electron chi connectivity index (χ4n) is 2.04. The Labute approximate surface area is 123 Å². The molecular formula is C14H24N4O3. The van der Waals surface area contributed by atoms with Crippen LogP contribution < -0.4 is 17.0 Å². The van der Waals surface area contributed by atoms with Crippen molar-refractivity contribution in [3.05, 3.63) is 26.4 Å². The molecule has 4 N–H and O–H groups in total. The second kappa shape index (κ2) is 7.10. The SMILES string of the molecule is CCCCn1c(=O)c(C(=N)N)c(O)n(CC(C)CC)c1=O. The van der Waals surface area contributed by atoms with Crippen LogP contribution in [0.3, 0.4) is 0 Å². The smallest absolute Gasteiger partial charge is 0.333 e. The van der Waals surface area contributed by atoms with E-state index < -0.39 is 23.0 Å². The Morgan fingerprint density at radius 3 is 2.43 bits per heavy atom. The van der Waals surface area contributed by atoms with Crippen LogP contribution in [0.2, 0.25) is 0 Å². The molecule has 118 valence electrons. The minimum Gasteiger partial charge on any atom is -0.494 e. The number of amidine groups is 1. The van der Waals surface area contributed by atoms with Gasteiger partial charge in [0.1, 0.15) is 11.4 Å². The zero-order valence-corrected chi connectivity index (χ0v) is 12.8. The summed E-state index contributed by atoms with van der Waals surface area (Å²) >= 11 is 0. The maximum atomic E-state index is 12.4. The molecule has 1 atom stereocenters. The number of hydrogen-bond acceptors (Lipinski definition) is 4. The molecule has 0 radical (unpaired) electrons. The minimum absolute atomic E-state index is 0.158. The van der Waals surface area contributed by atoms with Gasteiger partial charge in [-0.05, 0) is 12.3 Å². The Balaban J connectivity index is 3.56. The molecule has 0 aliphatic rings. The third kappa shape index (κ3) is 3.53. The molecule has 0 amide bonds. The molecule has 7 nitrogen and oxygen atoms in total. The first-order valence-electron chi connectivity index (χ1n) is 7.26. The Hall–Kier alpha value is -2.05. The van der Waals surface area contributed by atoms with Crippen molar-refractivity contribution in [2.24, 2.45) is 11.7 Å². The van der Waals surface area contributed by atoms with Crippen LogP contribution in [-0.2, 0) is 13.1 Å². The number of nitrogens with two attached hydrogens (primary N) is 1. The maximum absolute atomic E-state index is 12.4. The van der Waals surface area contributed by atoms with Crippen LogP contribution in [0.1, 0.15) is 45.6 Å². The van der Waals surface area contributed by atoms with Crippen molar-refractivity contribution in [1.29, 1.82) is 5.41 Å². The molecule has 0 aliphatic carbocycles. The highest BCUT2D eigenvalue weighted by Crippen LogP contribution is 2.13. The molecule has 1 rings (SSSR count). The fourth-order valence-corrected chi connectivity index (χ4v) is 2.04. The average Bonchev–Trinajstić information content (AvgIpc) is 2.42. The molecule has 1 unspecified atom stereocenters. The molecule has 1 aromatic heterocycles. The van der Waals surface area contributed by atoms with E-state index in [4.69, 9.17) is 11.1 Å². The summed E-state index contributed by atoms with van der Waals surface area (Å²) in [6.07, 6.45) is 2.32. The van der Waals surface area contributed by atoms with E-state index in [2.05, 4.69) is 0 Å². The van der Waals surface area contributed by atoms with E-state index in [9.17, 15) is 14.7 Å². The van der Waals surface area contributed by atoms with Gasteiger partial charge in [0.05, 0.1) is 0 Å². The molecule has 0 bridgehead atoms. The summed E-state index contributed by atoms with van der Waals surface area (Å²) in [4.78, 5) is 24.6. The lowest BCUT2D eigenvalue weighted by Gasteiger charge is -2.17. The Kier molecular flexibility index (Phi) is 5.75. The fraction of sp³-hybridized carbons (Fsp3) is 0.643. The van der Waals surface area contributed by atoms with Gasteiger partial charge >= 0.3 is 5.69 Å². The molecule has 0 aliphatic heterocycles. The highest BCUT2D eigenvalue weighted by molar-refractivity contribution is 5.96. The van der Waals surface area contributed by atoms with Crippen LogP contribution >= 0.6 is 0 Å². The molecule has 0 aromatic carbocycles. The van der Waals surface area contributed by atoms with Gasteiger partial charge in [-0.2, -0.15) is 0 Å². The van der Waals surface area contributed by atoms with Crippen LogP contribution in [0.5, 0.6) is 5.88 Å². The summed E-state index contributed by atoms with van der Waals surface area (Å²) in [5, 5.41) is 17.6. The average molecular weight is 296 g/mol. The Morgan fingerprint density at radius 2 is 1.95 bits per heavy atom. The topological polar surface area (TPSA) is 114 Å². The molecule has 0 fully saturated rings. The normalized spacial score (nSPS) is 12.3. The maximum Gasteiger partial charge on any atom is 0.333 e. The number of aromatic nitrogens is 2. The van der Waals surface area contributed by atoms with Crippen LogP contribution in [0.25, 0.3) is 0 Å². The summed E-state index contributed by atoms with van der Waals surface area (Å²) in [5.41, 5.74) is 3.85. The van der Waals surface area contributed by atoms with Gasteiger partial charge in [0.15, 0.2) is 0 Å². The van der Waals surface area contributed by atoms with Gasteiger partial charge in [0.25, 0.3) is 5.56 Å². The molecule has 0 spiro atoms. The van der Waals surface area contributed by atoms with Gasteiger partial charge in [-0.15, -0.1) is 0 Å². The number of unbranched alkanes of at least 4 members (excludes halogenated alkanes) is 1. The predicted molar refractivity (Wildman–Crippen MR) is 82.0 cm³/mol. The lowest BCUT2D eigenvalue weighted by atomic mass is 10.1. The molecule has 7 heteroatoms. The van der Waals surface area contributed by atoms with E-state index in [1.807, 2.05) is 20.8 Å². The zero-order valence-electron chi connectivity index (χ0n) is 12.8. The lowest BCUT2D eigenvalue weighted by Crippen LogP contribution is -2.44. The van der Waals surface area contributed by atoms with Crippen LogP contribution in [0.4, 0.5) is 0 Å². The number of rotatable bonds is 7. The van der Waals surface area contributed by atoms with Gasteiger partial charge < -0.3 is 10.8 Å². The highest BCUT2D eigenvalue weighted by atomic mass is 16.3. The van der Waals surface area contributed by atoms with Crippen LogP contribution in [-0.4, -0.2) is 20.1 Å². The molecule has 0 saturated heterocycles. The largest absolute Gasteiger partial charge is 0.494 e. The first-order chi connectivity index (χ1) is 9.84.